The van der Waals surface area contributed by atoms with E-state index in [4.69, 9.17) is 16.6 Å². The van der Waals surface area contributed by atoms with E-state index >= 15 is 0 Å². The molecule has 1 amide bonds. The number of aryl methyl sites for hydroxylation is 2. The first-order chi connectivity index (χ1) is 16.0. The minimum Gasteiger partial charge on any atom is -0.315 e. The average Bonchev–Trinajstić information content (AvgIpc) is 3.26. The second-order valence-corrected chi connectivity index (χ2v) is 8.86. The molecule has 1 aliphatic heterocycles. The molecule has 2 aromatic carbocycles. The minimum atomic E-state index is -0.150. The number of benzene rings is 2. The van der Waals surface area contributed by atoms with Gasteiger partial charge in [-0.25, -0.2) is 4.98 Å². The van der Waals surface area contributed by atoms with Gasteiger partial charge in [-0.15, -0.1) is 5.10 Å². The van der Waals surface area contributed by atoms with Crippen LogP contribution in [0.15, 0.2) is 54.9 Å². The zero-order chi connectivity index (χ0) is 22.9. The average molecular weight is 461 g/mol. The standard InChI is InChI=1S/C25H25ClN6O/c1-16-5-3-6-17-10-12-28-24(23(16)17)32(19-7-4-11-27-14-19)25(33)20-9-8-18(13-21(20)26)22-15-31(2)30-29-22/h3,5-6,8-10,12-13,15,19,27H,4,7,11,14H2,1-2H3/t19-/m1/s1. The van der Waals surface area contributed by atoms with Crippen molar-refractivity contribution < 1.29 is 4.79 Å². The van der Waals surface area contributed by atoms with Gasteiger partial charge in [0.2, 0.25) is 0 Å². The number of halogens is 1. The zero-order valence-electron chi connectivity index (χ0n) is 18.6. The van der Waals surface area contributed by atoms with Crippen LogP contribution in [-0.4, -0.2) is 45.0 Å². The van der Waals surface area contributed by atoms with Crippen molar-refractivity contribution >= 4 is 34.1 Å². The summed E-state index contributed by atoms with van der Waals surface area (Å²) in [5.41, 5.74) is 3.05. The molecule has 0 spiro atoms. The number of rotatable bonds is 4. The number of nitrogens with one attached hydrogen (secondary N) is 1. The molecule has 0 unspecified atom stereocenters. The number of amides is 1. The first-order valence-electron chi connectivity index (χ1n) is 11.1. The quantitative estimate of drug-likeness (QED) is 0.488. The summed E-state index contributed by atoms with van der Waals surface area (Å²) in [5.74, 6) is 0.529. The predicted molar refractivity (Wildman–Crippen MR) is 131 cm³/mol. The number of piperidine rings is 1. The van der Waals surface area contributed by atoms with Crippen molar-refractivity contribution in [3.8, 4) is 11.3 Å². The van der Waals surface area contributed by atoms with Crippen LogP contribution >= 0.6 is 11.6 Å². The van der Waals surface area contributed by atoms with Crippen molar-refractivity contribution in [1.29, 1.82) is 0 Å². The Kier molecular flexibility index (Phi) is 5.83. The van der Waals surface area contributed by atoms with Crippen LogP contribution in [-0.2, 0) is 7.05 Å². The topological polar surface area (TPSA) is 75.9 Å². The van der Waals surface area contributed by atoms with Gasteiger partial charge in [0.05, 0.1) is 22.8 Å². The van der Waals surface area contributed by atoms with E-state index in [1.807, 2.05) is 36.3 Å². The Morgan fingerprint density at radius 2 is 2.12 bits per heavy atom. The third-order valence-electron chi connectivity index (χ3n) is 6.16. The van der Waals surface area contributed by atoms with Crippen LogP contribution in [0.25, 0.3) is 22.0 Å². The molecule has 1 saturated heterocycles. The Balaban J connectivity index is 1.60. The second-order valence-electron chi connectivity index (χ2n) is 8.45. The van der Waals surface area contributed by atoms with Gasteiger partial charge in [-0.1, -0.05) is 41.1 Å². The Hall–Kier alpha value is -3.29. The molecule has 0 aliphatic carbocycles. The molecule has 0 saturated carbocycles. The Morgan fingerprint density at radius 3 is 2.85 bits per heavy atom. The number of carbonyl (C=O) groups excluding carboxylic acids is 1. The molecule has 1 fully saturated rings. The van der Waals surface area contributed by atoms with Crippen molar-refractivity contribution in [2.75, 3.05) is 18.0 Å². The van der Waals surface area contributed by atoms with Crippen LogP contribution in [0, 0.1) is 6.92 Å². The maximum atomic E-state index is 14.0. The summed E-state index contributed by atoms with van der Waals surface area (Å²) < 4.78 is 1.63. The van der Waals surface area contributed by atoms with E-state index in [0.717, 1.165) is 41.3 Å². The molecule has 1 N–H and O–H groups in total. The summed E-state index contributed by atoms with van der Waals surface area (Å²) in [5, 5.41) is 14.0. The van der Waals surface area contributed by atoms with Crippen LogP contribution in [0.1, 0.15) is 28.8 Å². The molecule has 168 valence electrons. The summed E-state index contributed by atoms with van der Waals surface area (Å²) in [6.45, 7) is 3.72. The molecule has 1 aliphatic rings. The smallest absolute Gasteiger partial charge is 0.261 e. The van der Waals surface area contributed by atoms with Gasteiger partial charge < -0.3 is 5.32 Å². The van der Waals surface area contributed by atoms with Crippen molar-refractivity contribution in [2.45, 2.75) is 25.8 Å². The molecule has 3 heterocycles. The molecule has 8 heteroatoms. The molecule has 33 heavy (non-hydrogen) atoms. The highest BCUT2D eigenvalue weighted by molar-refractivity contribution is 6.35. The van der Waals surface area contributed by atoms with Gasteiger partial charge >= 0.3 is 0 Å². The van der Waals surface area contributed by atoms with Crippen molar-refractivity contribution in [3.63, 3.8) is 0 Å². The highest BCUT2D eigenvalue weighted by Crippen LogP contribution is 2.33. The normalized spacial score (nSPS) is 16.2. The van der Waals surface area contributed by atoms with E-state index in [9.17, 15) is 4.79 Å². The lowest BCUT2D eigenvalue weighted by Gasteiger charge is -2.35. The number of fused-ring (bicyclic) bond motifs is 1. The van der Waals surface area contributed by atoms with Gasteiger partial charge in [0, 0.05) is 30.7 Å². The van der Waals surface area contributed by atoms with Gasteiger partial charge in [0.1, 0.15) is 11.5 Å². The zero-order valence-corrected chi connectivity index (χ0v) is 19.4. The molecular formula is C25H25ClN6O. The molecule has 5 rings (SSSR count). The maximum Gasteiger partial charge on any atom is 0.261 e. The number of anilines is 1. The lowest BCUT2D eigenvalue weighted by molar-refractivity contribution is 0.0972. The summed E-state index contributed by atoms with van der Waals surface area (Å²) in [7, 11) is 1.81. The molecule has 1 atom stereocenters. The second kappa shape index (κ2) is 8.92. The van der Waals surface area contributed by atoms with Gasteiger partial charge in [-0.05, 0) is 55.5 Å². The molecule has 0 radical (unpaired) electrons. The van der Waals surface area contributed by atoms with E-state index in [-0.39, 0.29) is 11.9 Å². The SMILES string of the molecule is Cc1cccc2ccnc(N(C(=O)c3ccc(-c4cn(C)nn4)cc3Cl)[C@@H]3CCCNC3)c12. The van der Waals surface area contributed by atoms with Gasteiger partial charge in [-0.2, -0.15) is 0 Å². The number of carbonyl (C=O) groups is 1. The minimum absolute atomic E-state index is 0.0142. The van der Waals surface area contributed by atoms with E-state index in [0.29, 0.717) is 28.6 Å². The summed E-state index contributed by atoms with van der Waals surface area (Å²) in [4.78, 5) is 20.6. The Bertz CT molecular complexity index is 1320. The van der Waals surface area contributed by atoms with Crippen molar-refractivity contribution in [1.82, 2.24) is 25.3 Å². The van der Waals surface area contributed by atoms with Crippen molar-refractivity contribution in [2.24, 2.45) is 7.05 Å². The van der Waals surface area contributed by atoms with E-state index in [2.05, 4.69) is 34.7 Å². The van der Waals surface area contributed by atoms with Gasteiger partial charge in [0.25, 0.3) is 5.91 Å². The number of hydrogen-bond donors (Lipinski definition) is 1. The van der Waals surface area contributed by atoms with Gasteiger partial charge in [-0.3, -0.25) is 14.4 Å². The Labute approximate surface area is 197 Å². The predicted octanol–water partition coefficient (Wildman–Crippen LogP) is 4.39. The van der Waals surface area contributed by atoms with E-state index < -0.39 is 0 Å². The fourth-order valence-corrected chi connectivity index (χ4v) is 4.78. The molecule has 0 bridgehead atoms. The molecule has 4 aromatic rings. The number of aromatic nitrogens is 4. The lowest BCUT2D eigenvalue weighted by Crippen LogP contribution is -2.49. The van der Waals surface area contributed by atoms with E-state index in [1.165, 1.54) is 0 Å². The maximum absolute atomic E-state index is 14.0. The number of hydrogen-bond acceptors (Lipinski definition) is 5. The van der Waals surface area contributed by atoms with Crippen LogP contribution in [0.4, 0.5) is 5.82 Å². The highest BCUT2D eigenvalue weighted by Gasteiger charge is 2.31. The summed E-state index contributed by atoms with van der Waals surface area (Å²) >= 11 is 6.66. The third kappa shape index (κ3) is 4.10. The van der Waals surface area contributed by atoms with Crippen LogP contribution in [0.2, 0.25) is 5.02 Å². The summed E-state index contributed by atoms with van der Waals surface area (Å²) in [6, 6.07) is 13.5. The van der Waals surface area contributed by atoms with Crippen LogP contribution in [0.5, 0.6) is 0 Å². The first-order valence-corrected chi connectivity index (χ1v) is 11.5. The molecule has 2 aromatic heterocycles. The molecule has 7 nitrogen and oxygen atoms in total. The largest absolute Gasteiger partial charge is 0.315 e. The van der Waals surface area contributed by atoms with Gasteiger partial charge in [0.15, 0.2) is 0 Å². The summed E-state index contributed by atoms with van der Waals surface area (Å²) in [6.07, 6.45) is 5.48. The monoisotopic (exact) mass is 460 g/mol. The molecular weight excluding hydrogens is 436 g/mol. The fraction of sp³-hybridized carbons (Fsp3) is 0.280. The van der Waals surface area contributed by atoms with Crippen LogP contribution in [0.3, 0.4) is 0 Å². The fourth-order valence-electron chi connectivity index (χ4n) is 4.52. The van der Waals surface area contributed by atoms with E-state index in [1.54, 1.807) is 23.0 Å². The highest BCUT2D eigenvalue weighted by atomic mass is 35.5. The lowest BCUT2D eigenvalue weighted by atomic mass is 10.0. The third-order valence-corrected chi connectivity index (χ3v) is 6.47. The Morgan fingerprint density at radius 1 is 1.24 bits per heavy atom. The van der Waals surface area contributed by atoms with Crippen LogP contribution < -0.4 is 10.2 Å². The van der Waals surface area contributed by atoms with Crippen molar-refractivity contribution in [3.05, 3.63) is 71.0 Å². The number of nitrogens with zero attached hydrogens (tertiary/aromatic N) is 5. The first kappa shape index (κ1) is 21.6. The number of pyridine rings is 1.